The molecule has 2 aromatic rings. The smallest absolute Gasteiger partial charge is 0.250 e. The molecule has 4 heteroatoms. The van der Waals surface area contributed by atoms with Crippen molar-refractivity contribution < 1.29 is 9.22 Å². The Kier molecular flexibility index (Phi) is 5.02. The fourth-order valence-electron chi connectivity index (χ4n) is 1.98. The number of carbonyl (C=O) groups is 1. The Balaban J connectivity index is 2.29. The minimum atomic E-state index is -1.88. The monoisotopic (exact) mass is 346 g/mol. The molecule has 23 heavy (non-hydrogen) atoms. The van der Waals surface area contributed by atoms with E-state index in [9.17, 15) is 4.79 Å². The average molecular weight is 347 g/mol. The number of carbonyl (C=O) groups excluding carboxylic acids is 1. The van der Waals surface area contributed by atoms with E-state index in [0.29, 0.717) is 10.6 Å². The highest BCUT2D eigenvalue weighted by Crippen LogP contribution is 2.39. The van der Waals surface area contributed by atoms with E-state index in [4.69, 9.17) is 16.0 Å². The van der Waals surface area contributed by atoms with Crippen molar-refractivity contribution >= 4 is 26.2 Å². The first-order valence-corrected chi connectivity index (χ1v) is 11.0. The fraction of sp³-hybridized carbons (Fsp3) is 0.316. The Bertz CT molecular complexity index is 700. The highest BCUT2D eigenvalue weighted by Gasteiger charge is 2.39. The number of benzene rings is 2. The summed E-state index contributed by atoms with van der Waals surface area (Å²) in [5, 5.41) is 0.795. The van der Waals surface area contributed by atoms with Gasteiger partial charge in [0.15, 0.2) is 0 Å². The van der Waals surface area contributed by atoms with Crippen LogP contribution in [0, 0.1) is 0 Å². The third-order valence-corrected chi connectivity index (χ3v) is 9.15. The largest absolute Gasteiger partial charge is 0.543 e. The van der Waals surface area contributed by atoms with Crippen molar-refractivity contribution in [3.8, 4) is 16.9 Å². The quantitative estimate of drug-likeness (QED) is 0.486. The fourth-order valence-corrected chi connectivity index (χ4v) is 3.28. The summed E-state index contributed by atoms with van der Waals surface area (Å²) >= 11 is 6.45. The van der Waals surface area contributed by atoms with Crippen LogP contribution in [-0.4, -0.2) is 14.6 Å². The summed E-state index contributed by atoms with van der Waals surface area (Å²) in [6, 6.07) is 13.2. The lowest BCUT2D eigenvalue weighted by atomic mass is 10.0. The Labute approximate surface area is 144 Å². The van der Waals surface area contributed by atoms with Gasteiger partial charge in [0, 0.05) is 11.1 Å². The molecule has 0 aliphatic heterocycles. The molecule has 0 amide bonds. The molecular weight excluding hydrogens is 324 g/mol. The molecule has 0 aliphatic rings. The second-order valence-corrected chi connectivity index (χ2v) is 12.4. The molecule has 0 aliphatic carbocycles. The van der Waals surface area contributed by atoms with E-state index < -0.39 is 8.32 Å². The first-order chi connectivity index (χ1) is 10.6. The van der Waals surface area contributed by atoms with E-state index in [-0.39, 0.29) is 5.04 Å². The second kappa shape index (κ2) is 6.50. The molecule has 0 heterocycles. The van der Waals surface area contributed by atoms with Crippen molar-refractivity contribution in [1.29, 1.82) is 0 Å². The average Bonchev–Trinajstić information content (AvgIpc) is 2.46. The van der Waals surface area contributed by atoms with Crippen LogP contribution in [0.2, 0.25) is 23.2 Å². The van der Waals surface area contributed by atoms with Gasteiger partial charge in [0.25, 0.3) is 0 Å². The van der Waals surface area contributed by atoms with Crippen LogP contribution in [0.4, 0.5) is 0 Å². The van der Waals surface area contributed by atoms with E-state index in [0.717, 1.165) is 23.2 Å². The van der Waals surface area contributed by atoms with Crippen molar-refractivity contribution in [1.82, 2.24) is 0 Å². The van der Waals surface area contributed by atoms with E-state index in [1.165, 1.54) is 0 Å². The number of rotatable bonds is 4. The Morgan fingerprint density at radius 2 is 1.65 bits per heavy atom. The molecule has 0 N–H and O–H groups in total. The third-order valence-electron chi connectivity index (χ3n) is 4.48. The molecule has 0 fully saturated rings. The molecule has 2 nitrogen and oxygen atoms in total. The van der Waals surface area contributed by atoms with Crippen LogP contribution in [0.1, 0.15) is 31.1 Å². The number of aldehydes is 1. The maximum Gasteiger partial charge on any atom is 0.250 e. The van der Waals surface area contributed by atoms with Gasteiger partial charge in [-0.3, -0.25) is 4.79 Å². The third kappa shape index (κ3) is 4.04. The van der Waals surface area contributed by atoms with Crippen LogP contribution < -0.4 is 4.43 Å². The number of halogens is 1. The normalized spacial score (nSPS) is 12.1. The lowest BCUT2D eigenvalue weighted by Gasteiger charge is -2.36. The second-order valence-electron chi connectivity index (χ2n) is 7.24. The SMILES string of the molecule is CC(C)(C)[Si](C)(C)Oc1ccc(-c2ccc(C=O)cc2)c(Cl)c1. The van der Waals surface area contributed by atoms with Crippen molar-refractivity contribution in [3.05, 3.63) is 53.1 Å². The van der Waals surface area contributed by atoms with E-state index in [1.807, 2.05) is 30.3 Å². The zero-order valence-electron chi connectivity index (χ0n) is 14.3. The van der Waals surface area contributed by atoms with E-state index >= 15 is 0 Å². The van der Waals surface area contributed by atoms with Crippen LogP contribution in [0.3, 0.4) is 0 Å². The van der Waals surface area contributed by atoms with Crippen molar-refractivity contribution in [2.45, 2.75) is 38.9 Å². The molecular formula is C19H23ClO2Si. The summed E-state index contributed by atoms with van der Waals surface area (Å²) in [7, 11) is -1.88. The van der Waals surface area contributed by atoms with Gasteiger partial charge in [0.2, 0.25) is 8.32 Å². The predicted molar refractivity (Wildman–Crippen MR) is 100 cm³/mol. The van der Waals surface area contributed by atoms with Gasteiger partial charge in [0.1, 0.15) is 12.0 Å². The lowest BCUT2D eigenvalue weighted by molar-refractivity contribution is 0.112. The van der Waals surface area contributed by atoms with Crippen LogP contribution in [0.15, 0.2) is 42.5 Å². The van der Waals surface area contributed by atoms with Crippen LogP contribution in [0.25, 0.3) is 11.1 Å². The summed E-state index contributed by atoms with van der Waals surface area (Å²) in [6.45, 7) is 11.1. The molecule has 0 atom stereocenters. The zero-order valence-corrected chi connectivity index (χ0v) is 16.1. The van der Waals surface area contributed by atoms with Gasteiger partial charge in [-0.15, -0.1) is 0 Å². The zero-order chi connectivity index (χ0) is 17.3. The maximum absolute atomic E-state index is 10.7. The van der Waals surface area contributed by atoms with Gasteiger partial charge in [-0.2, -0.15) is 0 Å². The first kappa shape index (κ1) is 17.8. The summed E-state index contributed by atoms with van der Waals surface area (Å²) in [6.07, 6.45) is 0.835. The molecule has 0 radical (unpaired) electrons. The maximum atomic E-state index is 10.7. The van der Waals surface area contributed by atoms with E-state index in [2.05, 4.69) is 33.9 Å². The molecule has 122 valence electrons. The summed E-state index contributed by atoms with van der Waals surface area (Å²) in [5.74, 6) is 0.815. The molecule has 0 saturated carbocycles. The molecule has 0 unspecified atom stereocenters. The molecule has 2 rings (SSSR count). The molecule has 0 bridgehead atoms. The van der Waals surface area contributed by atoms with Gasteiger partial charge < -0.3 is 4.43 Å². The van der Waals surface area contributed by atoms with Gasteiger partial charge in [-0.05, 0) is 41.9 Å². The van der Waals surface area contributed by atoms with Crippen LogP contribution in [-0.2, 0) is 0 Å². The number of hydrogen-bond acceptors (Lipinski definition) is 2. The molecule has 0 saturated heterocycles. The topological polar surface area (TPSA) is 26.3 Å². The van der Waals surface area contributed by atoms with E-state index in [1.54, 1.807) is 12.1 Å². The minimum absolute atomic E-state index is 0.142. The molecule has 0 aromatic heterocycles. The van der Waals surface area contributed by atoms with Crippen LogP contribution >= 0.6 is 11.6 Å². The van der Waals surface area contributed by atoms with Crippen LogP contribution in [0.5, 0.6) is 5.75 Å². The Morgan fingerprint density at radius 1 is 1.04 bits per heavy atom. The van der Waals surface area contributed by atoms with Gasteiger partial charge >= 0.3 is 0 Å². The van der Waals surface area contributed by atoms with Gasteiger partial charge in [0.05, 0.1) is 5.02 Å². The molecule has 0 spiro atoms. The predicted octanol–water partition coefficient (Wildman–Crippen LogP) is 6.20. The Morgan fingerprint density at radius 3 is 2.13 bits per heavy atom. The van der Waals surface area contributed by atoms with Crippen molar-refractivity contribution in [2.24, 2.45) is 0 Å². The van der Waals surface area contributed by atoms with Crippen molar-refractivity contribution in [3.63, 3.8) is 0 Å². The summed E-state index contributed by atoms with van der Waals surface area (Å²) in [5.41, 5.74) is 2.58. The highest BCUT2D eigenvalue weighted by atomic mass is 35.5. The Hall–Kier alpha value is -1.58. The first-order valence-electron chi connectivity index (χ1n) is 7.68. The minimum Gasteiger partial charge on any atom is -0.543 e. The van der Waals surface area contributed by atoms with Gasteiger partial charge in [-0.1, -0.05) is 56.6 Å². The van der Waals surface area contributed by atoms with Gasteiger partial charge in [-0.25, -0.2) is 0 Å². The highest BCUT2D eigenvalue weighted by molar-refractivity contribution is 6.74. The summed E-state index contributed by atoms with van der Waals surface area (Å²) in [4.78, 5) is 10.7. The van der Waals surface area contributed by atoms with Crippen molar-refractivity contribution in [2.75, 3.05) is 0 Å². The summed E-state index contributed by atoms with van der Waals surface area (Å²) < 4.78 is 6.28. The number of hydrogen-bond donors (Lipinski definition) is 0. The lowest BCUT2D eigenvalue weighted by Crippen LogP contribution is -2.43. The standard InChI is InChI=1S/C19H23ClO2Si/c1-19(2,3)23(4,5)22-16-10-11-17(18(20)12-16)15-8-6-14(13-21)7-9-15/h6-13H,1-5H3. The molecule has 2 aromatic carbocycles.